The van der Waals surface area contributed by atoms with Gasteiger partial charge in [-0.3, -0.25) is 9.69 Å². The molecule has 0 radical (unpaired) electrons. The lowest BCUT2D eigenvalue weighted by Crippen LogP contribution is -2.51. The first-order chi connectivity index (χ1) is 7.52. The van der Waals surface area contributed by atoms with Crippen LogP contribution in [0, 0.1) is 0 Å². The van der Waals surface area contributed by atoms with Crippen LogP contribution in [0.5, 0.6) is 0 Å². The summed E-state index contributed by atoms with van der Waals surface area (Å²) in [5.74, 6) is 0.121. The monoisotopic (exact) mass is 228 g/mol. The van der Waals surface area contributed by atoms with Crippen LogP contribution < -0.4 is 5.32 Å². The highest BCUT2D eigenvalue weighted by Gasteiger charge is 2.25. The van der Waals surface area contributed by atoms with Gasteiger partial charge in [0.1, 0.15) is 0 Å². The van der Waals surface area contributed by atoms with Gasteiger partial charge in [0, 0.05) is 18.6 Å². The fraction of sp³-hybridized carbons (Fsp3) is 0.917. The Kier molecular flexibility index (Phi) is 5.22. The maximum Gasteiger partial charge on any atom is 0.234 e. The van der Waals surface area contributed by atoms with Gasteiger partial charge in [-0.1, -0.05) is 6.92 Å². The Balaban J connectivity index is 2.37. The van der Waals surface area contributed by atoms with Crippen molar-refractivity contribution in [1.29, 1.82) is 0 Å². The number of nitrogens with one attached hydrogen (secondary N) is 1. The molecule has 0 spiro atoms. The van der Waals surface area contributed by atoms with Crippen molar-refractivity contribution in [3.63, 3.8) is 0 Å². The number of rotatable bonds is 4. The number of carbonyl (C=O) groups excluding carboxylic acids is 1. The molecule has 4 heteroatoms. The summed E-state index contributed by atoms with van der Waals surface area (Å²) in [5, 5.41) is 2.99. The minimum Gasteiger partial charge on any atom is -0.376 e. The molecule has 0 unspecified atom stereocenters. The summed E-state index contributed by atoms with van der Waals surface area (Å²) in [4.78, 5) is 13.9. The molecular formula is C12H24N2O2. The Morgan fingerprint density at radius 1 is 1.56 bits per heavy atom. The smallest absolute Gasteiger partial charge is 0.234 e. The lowest BCUT2D eigenvalue weighted by molar-refractivity contribution is -0.126. The van der Waals surface area contributed by atoms with Crippen LogP contribution in [0.3, 0.4) is 0 Å². The first kappa shape index (κ1) is 13.5. The number of nitrogens with zero attached hydrogens (tertiary/aromatic N) is 1. The van der Waals surface area contributed by atoms with Crippen LogP contribution in [0.1, 0.15) is 34.1 Å². The van der Waals surface area contributed by atoms with Crippen molar-refractivity contribution in [2.75, 3.05) is 19.7 Å². The predicted molar refractivity (Wildman–Crippen MR) is 64.3 cm³/mol. The highest BCUT2D eigenvalue weighted by atomic mass is 16.5. The fourth-order valence-electron chi connectivity index (χ4n) is 1.80. The number of hydrogen-bond donors (Lipinski definition) is 1. The van der Waals surface area contributed by atoms with Crippen molar-refractivity contribution in [3.8, 4) is 0 Å². The van der Waals surface area contributed by atoms with E-state index in [-0.39, 0.29) is 18.1 Å². The van der Waals surface area contributed by atoms with Gasteiger partial charge in [0.05, 0.1) is 19.3 Å². The second-order valence-corrected chi connectivity index (χ2v) is 4.80. The molecule has 0 saturated carbocycles. The predicted octanol–water partition coefficient (Wildman–Crippen LogP) is 1.01. The average molecular weight is 228 g/mol. The van der Waals surface area contributed by atoms with Crippen molar-refractivity contribution in [2.45, 2.75) is 52.3 Å². The largest absolute Gasteiger partial charge is 0.376 e. The van der Waals surface area contributed by atoms with E-state index in [2.05, 4.69) is 24.1 Å². The molecule has 0 aromatic heterocycles. The van der Waals surface area contributed by atoms with E-state index in [0.29, 0.717) is 12.6 Å². The van der Waals surface area contributed by atoms with E-state index in [1.807, 2.05) is 13.8 Å². The van der Waals surface area contributed by atoms with Gasteiger partial charge in [-0.25, -0.2) is 0 Å². The lowest BCUT2D eigenvalue weighted by atomic mass is 10.2. The molecule has 1 saturated heterocycles. The van der Waals surface area contributed by atoms with Gasteiger partial charge in [-0.15, -0.1) is 0 Å². The molecule has 1 N–H and O–H groups in total. The van der Waals surface area contributed by atoms with Crippen LogP contribution >= 0.6 is 0 Å². The van der Waals surface area contributed by atoms with E-state index in [0.717, 1.165) is 19.6 Å². The Morgan fingerprint density at radius 3 is 2.88 bits per heavy atom. The third kappa shape index (κ3) is 4.10. The fourth-order valence-corrected chi connectivity index (χ4v) is 1.80. The Hall–Kier alpha value is -0.610. The quantitative estimate of drug-likeness (QED) is 0.781. The second kappa shape index (κ2) is 6.21. The number of ether oxygens (including phenoxy) is 1. The molecule has 16 heavy (non-hydrogen) atoms. The molecule has 1 fully saturated rings. The molecule has 4 nitrogen and oxygen atoms in total. The van der Waals surface area contributed by atoms with Gasteiger partial charge < -0.3 is 10.1 Å². The van der Waals surface area contributed by atoms with Crippen LogP contribution in [-0.2, 0) is 9.53 Å². The molecule has 3 atom stereocenters. The number of amides is 1. The van der Waals surface area contributed by atoms with Crippen LogP contribution in [0.15, 0.2) is 0 Å². The SMILES string of the molecule is CC[C@H](C)NC(=O)CN1C[C@@H](C)OC[C@@H]1C. The van der Waals surface area contributed by atoms with Crippen molar-refractivity contribution in [1.82, 2.24) is 10.2 Å². The van der Waals surface area contributed by atoms with E-state index in [1.165, 1.54) is 0 Å². The highest BCUT2D eigenvalue weighted by Crippen LogP contribution is 2.10. The summed E-state index contributed by atoms with van der Waals surface area (Å²) in [6.07, 6.45) is 1.20. The van der Waals surface area contributed by atoms with Crippen molar-refractivity contribution < 1.29 is 9.53 Å². The summed E-state index contributed by atoms with van der Waals surface area (Å²) in [6.45, 7) is 10.3. The van der Waals surface area contributed by atoms with E-state index in [1.54, 1.807) is 0 Å². The minimum absolute atomic E-state index is 0.121. The molecule has 0 bridgehead atoms. The average Bonchev–Trinajstić information content (AvgIpc) is 2.23. The first-order valence-corrected chi connectivity index (χ1v) is 6.18. The zero-order valence-electron chi connectivity index (χ0n) is 10.8. The number of hydrogen-bond acceptors (Lipinski definition) is 3. The zero-order chi connectivity index (χ0) is 12.1. The Morgan fingerprint density at radius 2 is 2.25 bits per heavy atom. The first-order valence-electron chi connectivity index (χ1n) is 6.18. The van der Waals surface area contributed by atoms with Crippen molar-refractivity contribution in [2.24, 2.45) is 0 Å². The normalized spacial score (nSPS) is 28.8. The minimum atomic E-state index is 0.121. The van der Waals surface area contributed by atoms with Crippen LogP contribution in [0.2, 0.25) is 0 Å². The van der Waals surface area contributed by atoms with Gasteiger partial charge in [0.25, 0.3) is 0 Å². The van der Waals surface area contributed by atoms with Crippen LogP contribution in [0.4, 0.5) is 0 Å². The summed E-state index contributed by atoms with van der Waals surface area (Å²) < 4.78 is 5.53. The molecule has 0 aliphatic carbocycles. The summed E-state index contributed by atoms with van der Waals surface area (Å²) >= 11 is 0. The molecule has 1 amide bonds. The van der Waals surface area contributed by atoms with Gasteiger partial charge in [-0.05, 0) is 27.2 Å². The second-order valence-electron chi connectivity index (χ2n) is 4.80. The van der Waals surface area contributed by atoms with E-state index in [4.69, 9.17) is 4.74 Å². The maximum absolute atomic E-state index is 11.7. The molecule has 1 aliphatic heterocycles. The highest BCUT2D eigenvalue weighted by molar-refractivity contribution is 5.78. The van der Waals surface area contributed by atoms with Crippen LogP contribution in [0.25, 0.3) is 0 Å². The molecule has 1 aliphatic rings. The van der Waals surface area contributed by atoms with E-state index >= 15 is 0 Å². The molecule has 0 aromatic rings. The number of morpholine rings is 1. The summed E-state index contributed by atoms with van der Waals surface area (Å²) in [7, 11) is 0. The van der Waals surface area contributed by atoms with Gasteiger partial charge in [0.15, 0.2) is 0 Å². The Bertz CT molecular complexity index is 233. The molecular weight excluding hydrogens is 204 g/mol. The Labute approximate surface area is 98.3 Å². The molecule has 1 rings (SSSR count). The van der Waals surface area contributed by atoms with Gasteiger partial charge in [0.2, 0.25) is 5.91 Å². The van der Waals surface area contributed by atoms with Crippen LogP contribution in [-0.4, -0.2) is 48.7 Å². The summed E-state index contributed by atoms with van der Waals surface area (Å²) in [5.41, 5.74) is 0. The topological polar surface area (TPSA) is 41.6 Å². The van der Waals surface area contributed by atoms with Gasteiger partial charge in [-0.2, -0.15) is 0 Å². The van der Waals surface area contributed by atoms with E-state index < -0.39 is 0 Å². The maximum atomic E-state index is 11.7. The molecule has 0 aromatic carbocycles. The summed E-state index contributed by atoms with van der Waals surface area (Å²) in [6, 6.07) is 0.597. The third-order valence-electron chi connectivity index (χ3n) is 3.10. The third-order valence-corrected chi connectivity index (χ3v) is 3.10. The van der Waals surface area contributed by atoms with Gasteiger partial charge >= 0.3 is 0 Å². The van der Waals surface area contributed by atoms with Crippen molar-refractivity contribution >= 4 is 5.91 Å². The standard InChI is InChI=1S/C12H24N2O2/c1-5-9(2)13-12(15)7-14-6-11(4)16-8-10(14)3/h9-11H,5-8H2,1-4H3,(H,13,15)/t9-,10-,11+/m0/s1. The zero-order valence-corrected chi connectivity index (χ0v) is 10.8. The lowest BCUT2D eigenvalue weighted by Gasteiger charge is -2.36. The van der Waals surface area contributed by atoms with E-state index in [9.17, 15) is 4.79 Å². The molecule has 94 valence electrons. The number of carbonyl (C=O) groups is 1. The molecule has 1 heterocycles. The van der Waals surface area contributed by atoms with Crippen molar-refractivity contribution in [3.05, 3.63) is 0 Å².